The first-order valence-electron chi connectivity index (χ1n) is 12.4. The Kier molecular flexibility index (Phi) is 5.24. The van der Waals surface area contributed by atoms with Crippen LogP contribution in [0.5, 0.6) is 5.75 Å². The number of aromatic nitrogens is 2. The fraction of sp³-hybridized carbons (Fsp3) is 0.333. The number of ether oxygens (including phenoxy) is 1. The molecule has 2 heterocycles. The summed E-state index contributed by atoms with van der Waals surface area (Å²) in [5.41, 5.74) is 7.49. The molecule has 0 radical (unpaired) electrons. The fourth-order valence-corrected chi connectivity index (χ4v) is 5.93. The maximum Gasteiger partial charge on any atom is 0.159 e. The third-order valence-corrected chi connectivity index (χ3v) is 7.88. The maximum absolute atomic E-state index is 5.61. The highest BCUT2D eigenvalue weighted by Gasteiger charge is 2.38. The first kappa shape index (κ1) is 21.2. The van der Waals surface area contributed by atoms with Gasteiger partial charge in [0, 0.05) is 22.9 Å². The molecular weight excluding hydrogens is 418 g/mol. The van der Waals surface area contributed by atoms with Crippen LogP contribution in [0.4, 0.5) is 5.82 Å². The summed E-state index contributed by atoms with van der Waals surface area (Å²) in [4.78, 5) is 2.54. The van der Waals surface area contributed by atoms with Gasteiger partial charge in [-0.3, -0.25) is 0 Å². The normalized spacial score (nSPS) is 18.0. The number of anilines is 1. The highest BCUT2D eigenvalue weighted by molar-refractivity contribution is 6.01. The van der Waals surface area contributed by atoms with Gasteiger partial charge < -0.3 is 9.64 Å². The van der Waals surface area contributed by atoms with Crippen LogP contribution in [0.15, 0.2) is 60.7 Å². The van der Waals surface area contributed by atoms with Crippen LogP contribution in [0, 0.1) is 19.8 Å². The largest absolute Gasteiger partial charge is 0.497 e. The summed E-state index contributed by atoms with van der Waals surface area (Å²) in [7, 11) is 1.76. The lowest BCUT2D eigenvalue weighted by Crippen LogP contribution is -2.42. The molecule has 0 N–H and O–H groups in total. The molecule has 34 heavy (non-hydrogen) atoms. The molecule has 4 heteroatoms. The van der Waals surface area contributed by atoms with E-state index in [1.807, 2.05) is 0 Å². The first-order valence-corrected chi connectivity index (χ1v) is 12.4. The van der Waals surface area contributed by atoms with Crippen molar-refractivity contribution in [3.8, 4) is 17.0 Å². The van der Waals surface area contributed by atoms with Crippen LogP contribution in [0.2, 0.25) is 0 Å². The van der Waals surface area contributed by atoms with Crippen LogP contribution in [-0.2, 0) is 6.42 Å². The second kappa shape index (κ2) is 8.43. The highest BCUT2D eigenvalue weighted by Crippen LogP contribution is 2.48. The molecular formula is C30H31N3O. The predicted octanol–water partition coefficient (Wildman–Crippen LogP) is 6.83. The van der Waals surface area contributed by atoms with E-state index in [1.54, 1.807) is 7.11 Å². The van der Waals surface area contributed by atoms with Gasteiger partial charge in [-0.15, -0.1) is 10.2 Å². The first-order chi connectivity index (χ1) is 16.7. The molecule has 1 aliphatic carbocycles. The van der Waals surface area contributed by atoms with Gasteiger partial charge in [0.1, 0.15) is 11.4 Å². The van der Waals surface area contributed by atoms with Gasteiger partial charge in [0.25, 0.3) is 0 Å². The molecule has 1 unspecified atom stereocenters. The van der Waals surface area contributed by atoms with Crippen LogP contribution in [-0.4, -0.2) is 23.9 Å². The van der Waals surface area contributed by atoms with Crippen molar-refractivity contribution in [1.29, 1.82) is 0 Å². The molecule has 0 amide bonds. The van der Waals surface area contributed by atoms with Gasteiger partial charge in [-0.2, -0.15) is 0 Å². The smallest absolute Gasteiger partial charge is 0.159 e. The molecule has 0 saturated heterocycles. The number of methoxy groups -OCH3 is 1. The molecule has 1 atom stereocenters. The molecule has 4 nitrogen and oxygen atoms in total. The van der Waals surface area contributed by atoms with E-state index in [0.717, 1.165) is 30.2 Å². The lowest BCUT2D eigenvalue weighted by atomic mass is 9.73. The third kappa shape index (κ3) is 3.35. The van der Waals surface area contributed by atoms with Gasteiger partial charge in [0.15, 0.2) is 5.82 Å². The zero-order chi connectivity index (χ0) is 23.2. The van der Waals surface area contributed by atoms with Crippen LogP contribution in [0.1, 0.15) is 47.6 Å². The molecule has 1 aliphatic heterocycles. The molecule has 0 bridgehead atoms. The summed E-state index contributed by atoms with van der Waals surface area (Å²) in [5, 5.41) is 12.2. The van der Waals surface area contributed by atoms with Crippen LogP contribution in [0.25, 0.3) is 22.0 Å². The van der Waals surface area contributed by atoms with Crippen molar-refractivity contribution in [2.45, 2.75) is 45.6 Å². The average Bonchev–Trinajstić information content (AvgIpc) is 2.83. The Morgan fingerprint density at radius 1 is 0.882 bits per heavy atom. The molecule has 1 aromatic heterocycles. The van der Waals surface area contributed by atoms with E-state index >= 15 is 0 Å². The number of hydrogen-bond acceptors (Lipinski definition) is 4. The minimum atomic E-state index is 0.316. The van der Waals surface area contributed by atoms with Crippen molar-refractivity contribution in [3.05, 3.63) is 82.9 Å². The number of hydrogen-bond donors (Lipinski definition) is 0. The number of rotatable bonds is 4. The second-order valence-electron chi connectivity index (χ2n) is 9.83. The standard InChI is InChI=1S/C30H31N3O/c1-19-8-6-9-20(2)27(19)28-24-12-4-5-13-25(24)30(32-31-28)33-17-16-21-14-15-23(34-3)18-26(21)29(33)22-10-7-11-22/h4-6,8-9,12-15,18,22,29H,7,10-11,16-17H2,1-3H3. The van der Waals surface area contributed by atoms with Crippen molar-refractivity contribution in [3.63, 3.8) is 0 Å². The van der Waals surface area contributed by atoms with Gasteiger partial charge >= 0.3 is 0 Å². The average molecular weight is 450 g/mol. The van der Waals surface area contributed by atoms with Crippen LogP contribution >= 0.6 is 0 Å². The summed E-state index contributed by atoms with van der Waals surface area (Å²) in [6, 6.07) is 22.0. The highest BCUT2D eigenvalue weighted by atomic mass is 16.5. The SMILES string of the molecule is COc1ccc2c(c1)C(C1CCC1)N(c1nnc(-c3c(C)cccc3C)c3ccccc13)CC2. The predicted molar refractivity (Wildman–Crippen MR) is 139 cm³/mol. The minimum absolute atomic E-state index is 0.316. The van der Waals surface area contributed by atoms with E-state index in [1.165, 1.54) is 57.9 Å². The fourth-order valence-electron chi connectivity index (χ4n) is 5.93. The number of nitrogens with zero attached hydrogens (tertiary/aromatic N) is 3. The van der Waals surface area contributed by atoms with Crippen molar-refractivity contribution >= 4 is 16.6 Å². The van der Waals surface area contributed by atoms with Crippen molar-refractivity contribution in [2.75, 3.05) is 18.6 Å². The minimum Gasteiger partial charge on any atom is -0.497 e. The number of fused-ring (bicyclic) bond motifs is 2. The zero-order valence-electron chi connectivity index (χ0n) is 20.2. The lowest BCUT2D eigenvalue weighted by Gasteiger charge is -2.45. The maximum atomic E-state index is 5.61. The molecule has 1 saturated carbocycles. The lowest BCUT2D eigenvalue weighted by molar-refractivity contribution is 0.247. The number of aryl methyl sites for hydroxylation is 2. The van der Waals surface area contributed by atoms with Gasteiger partial charge in [0.2, 0.25) is 0 Å². The molecule has 3 aromatic carbocycles. The Balaban J connectivity index is 1.52. The molecule has 2 aliphatic rings. The Morgan fingerprint density at radius 2 is 1.65 bits per heavy atom. The van der Waals surface area contributed by atoms with Crippen molar-refractivity contribution in [2.24, 2.45) is 5.92 Å². The zero-order valence-corrected chi connectivity index (χ0v) is 20.2. The summed E-state index contributed by atoms with van der Waals surface area (Å²) < 4.78 is 5.61. The molecule has 6 rings (SSSR count). The summed E-state index contributed by atoms with van der Waals surface area (Å²) in [6.07, 6.45) is 4.86. The van der Waals surface area contributed by atoms with E-state index < -0.39 is 0 Å². The van der Waals surface area contributed by atoms with Gasteiger partial charge in [-0.05, 0) is 73.4 Å². The monoisotopic (exact) mass is 449 g/mol. The van der Waals surface area contributed by atoms with Crippen molar-refractivity contribution in [1.82, 2.24) is 10.2 Å². The summed E-state index contributed by atoms with van der Waals surface area (Å²) >= 11 is 0. The Bertz CT molecular complexity index is 1350. The van der Waals surface area contributed by atoms with Gasteiger partial charge in [0.05, 0.1) is 13.2 Å². The van der Waals surface area contributed by atoms with Crippen LogP contribution in [0.3, 0.4) is 0 Å². The number of benzene rings is 3. The Labute approximate surface area is 201 Å². The molecule has 172 valence electrons. The van der Waals surface area contributed by atoms with E-state index in [4.69, 9.17) is 14.9 Å². The van der Waals surface area contributed by atoms with Crippen LogP contribution < -0.4 is 9.64 Å². The topological polar surface area (TPSA) is 38.2 Å². The van der Waals surface area contributed by atoms with E-state index in [9.17, 15) is 0 Å². The quantitative estimate of drug-likeness (QED) is 0.342. The van der Waals surface area contributed by atoms with E-state index in [-0.39, 0.29) is 0 Å². The van der Waals surface area contributed by atoms with E-state index in [2.05, 4.69) is 79.4 Å². The summed E-state index contributed by atoms with van der Waals surface area (Å²) in [6.45, 7) is 5.28. The van der Waals surface area contributed by atoms with Gasteiger partial charge in [-0.25, -0.2) is 0 Å². The molecule has 1 fully saturated rings. The third-order valence-electron chi connectivity index (χ3n) is 7.88. The molecule has 4 aromatic rings. The Morgan fingerprint density at radius 3 is 2.35 bits per heavy atom. The van der Waals surface area contributed by atoms with E-state index in [0.29, 0.717) is 12.0 Å². The molecule has 0 spiro atoms. The van der Waals surface area contributed by atoms with Gasteiger partial charge in [-0.1, -0.05) is 55.0 Å². The second-order valence-corrected chi connectivity index (χ2v) is 9.83. The summed E-state index contributed by atoms with van der Waals surface area (Å²) in [5.74, 6) is 2.59. The Hall–Kier alpha value is -3.40. The van der Waals surface area contributed by atoms with Crippen molar-refractivity contribution < 1.29 is 4.74 Å².